The third-order valence-corrected chi connectivity index (χ3v) is 3.42. The molecule has 1 aliphatic carbocycles. The predicted molar refractivity (Wildman–Crippen MR) is 59.0 cm³/mol. The lowest BCUT2D eigenvalue weighted by Gasteiger charge is -2.01. The summed E-state index contributed by atoms with van der Waals surface area (Å²) in [5.41, 5.74) is 0. The van der Waals surface area contributed by atoms with E-state index in [1.165, 1.54) is 12.8 Å². The van der Waals surface area contributed by atoms with Gasteiger partial charge in [-0.1, -0.05) is 0 Å². The second-order valence-corrected chi connectivity index (χ2v) is 5.36. The summed E-state index contributed by atoms with van der Waals surface area (Å²) in [5, 5.41) is 11.4. The van der Waals surface area contributed by atoms with Crippen LogP contribution in [0, 0.1) is 0 Å². The van der Waals surface area contributed by atoms with Gasteiger partial charge in [0.2, 0.25) is 0 Å². The minimum absolute atomic E-state index is 0.0580. The highest BCUT2D eigenvalue weighted by Gasteiger charge is 2.29. The first-order valence-corrected chi connectivity index (χ1v) is 6.46. The molecule has 1 aliphatic rings. The van der Waals surface area contributed by atoms with E-state index in [0.717, 1.165) is 24.3 Å². The Bertz CT molecular complexity index is 360. The fraction of sp³-hybridized carbons (Fsp3) is 0.800. The lowest BCUT2D eigenvalue weighted by molar-refractivity contribution is -0.127. The minimum atomic E-state index is -4.19. The van der Waals surface area contributed by atoms with Crippen LogP contribution in [0.4, 0.5) is 13.2 Å². The number of alkyl halides is 3. The van der Waals surface area contributed by atoms with E-state index < -0.39 is 12.6 Å². The number of hydrogen-bond acceptors (Lipinski definition) is 4. The van der Waals surface area contributed by atoms with Crippen LogP contribution < -0.4 is 5.32 Å². The Morgan fingerprint density at radius 3 is 2.59 bits per heavy atom. The first-order chi connectivity index (χ1) is 8.03. The third kappa shape index (κ3) is 4.99. The average molecular weight is 265 g/mol. The van der Waals surface area contributed by atoms with Crippen LogP contribution in [0.15, 0.2) is 0 Å². The molecule has 0 spiro atoms. The van der Waals surface area contributed by atoms with E-state index in [4.69, 9.17) is 0 Å². The van der Waals surface area contributed by atoms with E-state index in [1.54, 1.807) is 0 Å². The SMILES string of the molecule is FC(F)(F)Cc1nnc(CCCNC2CC2)s1. The van der Waals surface area contributed by atoms with Gasteiger partial charge in [-0.3, -0.25) is 0 Å². The Morgan fingerprint density at radius 1 is 1.24 bits per heavy atom. The third-order valence-electron chi connectivity index (χ3n) is 2.44. The van der Waals surface area contributed by atoms with Crippen LogP contribution in [0.3, 0.4) is 0 Å². The molecule has 1 fully saturated rings. The van der Waals surface area contributed by atoms with Crippen LogP contribution in [-0.2, 0) is 12.8 Å². The fourth-order valence-electron chi connectivity index (χ4n) is 1.47. The zero-order valence-electron chi connectivity index (χ0n) is 9.26. The van der Waals surface area contributed by atoms with Gasteiger partial charge < -0.3 is 5.32 Å². The van der Waals surface area contributed by atoms with Crippen molar-refractivity contribution >= 4 is 11.3 Å². The van der Waals surface area contributed by atoms with Gasteiger partial charge in [-0.2, -0.15) is 13.2 Å². The molecule has 0 aliphatic heterocycles. The molecule has 17 heavy (non-hydrogen) atoms. The van der Waals surface area contributed by atoms with Crippen molar-refractivity contribution in [2.75, 3.05) is 6.54 Å². The number of halogens is 3. The van der Waals surface area contributed by atoms with Gasteiger partial charge in [0.15, 0.2) is 0 Å². The van der Waals surface area contributed by atoms with Crippen LogP contribution in [0.1, 0.15) is 29.3 Å². The van der Waals surface area contributed by atoms with Crippen molar-refractivity contribution in [2.24, 2.45) is 0 Å². The molecule has 0 amide bonds. The molecule has 2 rings (SSSR count). The average Bonchev–Trinajstić information content (AvgIpc) is 2.93. The molecule has 1 saturated carbocycles. The van der Waals surface area contributed by atoms with Crippen molar-refractivity contribution in [1.82, 2.24) is 15.5 Å². The van der Waals surface area contributed by atoms with E-state index in [9.17, 15) is 13.2 Å². The van der Waals surface area contributed by atoms with Crippen LogP contribution >= 0.6 is 11.3 Å². The predicted octanol–water partition coefficient (Wildman–Crippen LogP) is 2.33. The van der Waals surface area contributed by atoms with Crippen molar-refractivity contribution in [3.63, 3.8) is 0 Å². The number of nitrogens with zero attached hydrogens (tertiary/aromatic N) is 2. The van der Waals surface area contributed by atoms with Gasteiger partial charge in [-0.05, 0) is 25.8 Å². The zero-order chi connectivity index (χ0) is 12.3. The topological polar surface area (TPSA) is 37.8 Å². The standard InChI is InChI=1S/C10H14F3N3S/c11-10(12,13)6-9-16-15-8(17-9)2-1-5-14-7-3-4-7/h7,14H,1-6H2. The summed E-state index contributed by atoms with van der Waals surface area (Å²) in [4.78, 5) is 0. The van der Waals surface area contributed by atoms with Gasteiger partial charge in [-0.25, -0.2) is 0 Å². The first-order valence-electron chi connectivity index (χ1n) is 5.64. The van der Waals surface area contributed by atoms with Crippen molar-refractivity contribution in [1.29, 1.82) is 0 Å². The largest absolute Gasteiger partial charge is 0.395 e. The van der Waals surface area contributed by atoms with Crippen LogP contribution in [0.5, 0.6) is 0 Å². The van der Waals surface area contributed by atoms with Gasteiger partial charge in [-0.15, -0.1) is 21.5 Å². The monoisotopic (exact) mass is 265 g/mol. The van der Waals surface area contributed by atoms with E-state index in [0.29, 0.717) is 17.5 Å². The molecule has 0 aromatic carbocycles. The molecule has 0 unspecified atom stereocenters. The van der Waals surface area contributed by atoms with Crippen LogP contribution in [0.2, 0.25) is 0 Å². The molecule has 0 atom stereocenters. The maximum Gasteiger partial charge on any atom is 0.395 e. The molecular formula is C10H14F3N3S. The van der Waals surface area contributed by atoms with Gasteiger partial charge >= 0.3 is 6.18 Å². The maximum absolute atomic E-state index is 12.1. The molecule has 7 heteroatoms. The molecule has 0 radical (unpaired) electrons. The number of hydrogen-bond donors (Lipinski definition) is 1. The van der Waals surface area contributed by atoms with Crippen molar-refractivity contribution in [3.05, 3.63) is 10.0 Å². The van der Waals surface area contributed by atoms with Crippen LogP contribution in [0.25, 0.3) is 0 Å². The Morgan fingerprint density at radius 2 is 1.94 bits per heavy atom. The van der Waals surface area contributed by atoms with Crippen LogP contribution in [-0.4, -0.2) is 29.0 Å². The van der Waals surface area contributed by atoms with E-state index in [1.807, 2.05) is 0 Å². The normalized spacial score (nSPS) is 16.4. The maximum atomic E-state index is 12.1. The molecule has 0 saturated heterocycles. The summed E-state index contributed by atoms with van der Waals surface area (Å²) < 4.78 is 36.2. The zero-order valence-corrected chi connectivity index (χ0v) is 10.1. The highest BCUT2D eigenvalue weighted by atomic mass is 32.1. The van der Waals surface area contributed by atoms with Gasteiger partial charge in [0.05, 0.1) is 6.42 Å². The van der Waals surface area contributed by atoms with Crippen molar-refractivity contribution in [3.8, 4) is 0 Å². The van der Waals surface area contributed by atoms with Crippen molar-refractivity contribution in [2.45, 2.75) is 44.3 Å². The second-order valence-electron chi connectivity index (χ2n) is 4.21. The smallest absolute Gasteiger partial charge is 0.314 e. The highest BCUT2D eigenvalue weighted by molar-refractivity contribution is 7.11. The number of aryl methyl sites for hydroxylation is 1. The number of rotatable bonds is 6. The molecule has 3 nitrogen and oxygen atoms in total. The van der Waals surface area contributed by atoms with E-state index in [-0.39, 0.29) is 5.01 Å². The Balaban J connectivity index is 1.69. The highest BCUT2D eigenvalue weighted by Crippen LogP contribution is 2.23. The first kappa shape index (κ1) is 12.8. The van der Waals surface area contributed by atoms with Gasteiger partial charge in [0.25, 0.3) is 0 Å². The lowest BCUT2D eigenvalue weighted by Crippen LogP contribution is -2.17. The lowest BCUT2D eigenvalue weighted by atomic mass is 10.3. The summed E-state index contributed by atoms with van der Waals surface area (Å²) in [6.45, 7) is 0.902. The summed E-state index contributed by atoms with van der Waals surface area (Å²) in [7, 11) is 0. The van der Waals surface area contributed by atoms with E-state index >= 15 is 0 Å². The fourth-order valence-corrected chi connectivity index (χ4v) is 2.38. The minimum Gasteiger partial charge on any atom is -0.314 e. The number of nitrogens with one attached hydrogen (secondary N) is 1. The molecule has 1 aromatic rings. The number of aromatic nitrogens is 2. The Labute approximate surface area is 101 Å². The summed E-state index contributed by atoms with van der Waals surface area (Å²) in [6.07, 6.45) is -1.06. The molecule has 1 N–H and O–H groups in total. The quantitative estimate of drug-likeness (QED) is 0.802. The molecule has 0 bridgehead atoms. The molecule has 1 aromatic heterocycles. The summed E-state index contributed by atoms with van der Waals surface area (Å²) in [6, 6.07) is 0.671. The summed E-state index contributed by atoms with van der Waals surface area (Å²) >= 11 is 1.06. The van der Waals surface area contributed by atoms with Gasteiger partial charge in [0.1, 0.15) is 10.0 Å². The second kappa shape index (κ2) is 5.30. The molecular weight excluding hydrogens is 251 g/mol. The van der Waals surface area contributed by atoms with Gasteiger partial charge in [0, 0.05) is 12.5 Å². The molecule has 1 heterocycles. The Kier molecular flexibility index (Phi) is 3.98. The van der Waals surface area contributed by atoms with E-state index in [2.05, 4.69) is 15.5 Å². The van der Waals surface area contributed by atoms with Crippen molar-refractivity contribution < 1.29 is 13.2 Å². The summed E-state index contributed by atoms with van der Waals surface area (Å²) in [5.74, 6) is 0. The molecule has 96 valence electrons. The Hall–Kier alpha value is -0.690.